The number of nitrogens with zero attached hydrogens (tertiary/aromatic N) is 3. The molecule has 1 amide bonds. The van der Waals surface area contributed by atoms with E-state index >= 15 is 0 Å². The third kappa shape index (κ3) is 7.85. The molecule has 3 aromatic rings. The minimum absolute atomic E-state index is 0.188. The van der Waals surface area contributed by atoms with Crippen molar-refractivity contribution in [3.05, 3.63) is 105 Å². The molecule has 1 aliphatic rings. The molecule has 0 radical (unpaired) electrons. The Kier molecular flexibility index (Phi) is 10.2. The van der Waals surface area contributed by atoms with E-state index in [9.17, 15) is 22.4 Å². The second-order valence-electron chi connectivity index (χ2n) is 10.7. The van der Waals surface area contributed by atoms with E-state index in [1.807, 2.05) is 25.1 Å². The van der Waals surface area contributed by atoms with Crippen LogP contribution in [0.2, 0.25) is 10.0 Å². The average Bonchev–Trinajstić information content (AvgIpc) is 2.95. The molecule has 10 heteroatoms. The molecule has 0 N–H and O–H groups in total. The molecular weight excluding hydrogens is 589 g/mol. The number of alkyl halides is 3. The average molecular weight is 623 g/mol. The van der Waals surface area contributed by atoms with Crippen LogP contribution in [-0.2, 0) is 6.18 Å². The van der Waals surface area contributed by atoms with Gasteiger partial charge in [0.25, 0.3) is 5.91 Å². The lowest BCUT2D eigenvalue weighted by molar-refractivity contribution is -0.137. The van der Waals surface area contributed by atoms with E-state index in [0.29, 0.717) is 28.6 Å². The summed E-state index contributed by atoms with van der Waals surface area (Å²) in [4.78, 5) is 19.2. The number of amides is 1. The number of likely N-dealkylation sites (N-methyl/N-ethyl adjacent to an activating group) is 1. The maximum absolute atomic E-state index is 14.0. The number of piperazine rings is 1. The summed E-state index contributed by atoms with van der Waals surface area (Å²) in [6, 6.07) is 15.4. The predicted octanol–water partition coefficient (Wildman–Crippen LogP) is 8.25. The van der Waals surface area contributed by atoms with Gasteiger partial charge in [-0.25, -0.2) is 4.39 Å². The third-order valence-corrected chi connectivity index (χ3v) is 8.34. The summed E-state index contributed by atoms with van der Waals surface area (Å²) < 4.78 is 53.7. The normalized spacial score (nSPS) is 15.0. The molecule has 0 aromatic heterocycles. The number of carbonyl (C=O) groups is 1. The van der Waals surface area contributed by atoms with Crippen molar-refractivity contribution in [1.29, 1.82) is 0 Å². The Labute approximate surface area is 254 Å². The summed E-state index contributed by atoms with van der Waals surface area (Å²) in [6.07, 6.45) is -4.11. The fraction of sp³-hybridized carbons (Fsp3) is 0.344. The van der Waals surface area contributed by atoms with Gasteiger partial charge in [-0.2, -0.15) is 13.2 Å². The number of allylic oxidation sites excluding steroid dienone is 1. The Bertz CT molecular complexity index is 1440. The first-order valence-electron chi connectivity index (χ1n) is 13.6. The highest BCUT2D eigenvalue weighted by atomic mass is 35.5. The quantitative estimate of drug-likeness (QED) is 0.225. The van der Waals surface area contributed by atoms with E-state index in [1.54, 1.807) is 12.1 Å². The minimum atomic E-state index is -4.77. The Morgan fingerprint density at radius 2 is 1.69 bits per heavy atom. The summed E-state index contributed by atoms with van der Waals surface area (Å²) in [5, 5.41) is 0.770. The molecule has 1 unspecified atom stereocenters. The van der Waals surface area contributed by atoms with Crippen LogP contribution in [0.3, 0.4) is 0 Å². The Hall–Kier alpha value is -3.07. The second-order valence-corrected chi connectivity index (χ2v) is 11.5. The molecule has 0 bridgehead atoms. The highest BCUT2D eigenvalue weighted by molar-refractivity contribution is 6.42. The van der Waals surface area contributed by atoms with Crippen molar-refractivity contribution in [3.63, 3.8) is 0 Å². The van der Waals surface area contributed by atoms with Crippen LogP contribution in [0.15, 0.2) is 67.2 Å². The molecule has 1 aliphatic heterocycles. The van der Waals surface area contributed by atoms with Crippen molar-refractivity contribution in [2.75, 3.05) is 51.2 Å². The summed E-state index contributed by atoms with van der Waals surface area (Å²) in [5.74, 6) is -2.01. The van der Waals surface area contributed by atoms with E-state index in [-0.39, 0.29) is 18.0 Å². The van der Waals surface area contributed by atoms with Crippen molar-refractivity contribution < 1.29 is 22.4 Å². The first kappa shape index (κ1) is 31.9. The van der Waals surface area contributed by atoms with Gasteiger partial charge in [0, 0.05) is 62.5 Å². The van der Waals surface area contributed by atoms with Crippen molar-refractivity contribution in [2.24, 2.45) is 0 Å². The molecule has 0 spiro atoms. The highest BCUT2D eigenvalue weighted by Crippen LogP contribution is 2.32. The molecule has 1 fully saturated rings. The van der Waals surface area contributed by atoms with Crippen LogP contribution in [-0.4, -0.2) is 62.0 Å². The lowest BCUT2D eigenvalue weighted by Crippen LogP contribution is -2.47. The van der Waals surface area contributed by atoms with Gasteiger partial charge >= 0.3 is 6.18 Å². The van der Waals surface area contributed by atoms with E-state index in [0.717, 1.165) is 55.5 Å². The molecular formula is C32H33Cl2F4N3O. The predicted molar refractivity (Wildman–Crippen MR) is 162 cm³/mol. The molecule has 4 rings (SSSR count). The number of rotatable bonds is 9. The number of carbonyl (C=O) groups excluding carboxylic acids is 1. The van der Waals surface area contributed by atoms with Gasteiger partial charge in [-0.05, 0) is 67.4 Å². The van der Waals surface area contributed by atoms with Gasteiger partial charge in [-0.1, -0.05) is 54.0 Å². The fourth-order valence-electron chi connectivity index (χ4n) is 5.30. The van der Waals surface area contributed by atoms with E-state index in [2.05, 4.69) is 28.5 Å². The van der Waals surface area contributed by atoms with Crippen molar-refractivity contribution in [3.8, 4) is 0 Å². The Balaban J connectivity index is 1.46. The number of anilines is 1. The van der Waals surface area contributed by atoms with Crippen molar-refractivity contribution in [2.45, 2.75) is 25.4 Å². The number of hydrogen-bond acceptors (Lipinski definition) is 3. The van der Waals surface area contributed by atoms with E-state index < -0.39 is 23.5 Å². The molecule has 1 heterocycles. The molecule has 3 aromatic carbocycles. The molecule has 0 saturated carbocycles. The first-order chi connectivity index (χ1) is 19.8. The zero-order valence-corrected chi connectivity index (χ0v) is 25.0. The molecule has 1 saturated heterocycles. The topological polar surface area (TPSA) is 26.8 Å². The summed E-state index contributed by atoms with van der Waals surface area (Å²) in [7, 11) is 1.50. The van der Waals surface area contributed by atoms with Crippen LogP contribution >= 0.6 is 23.2 Å². The van der Waals surface area contributed by atoms with Gasteiger partial charge in [0.05, 0.1) is 15.6 Å². The van der Waals surface area contributed by atoms with Gasteiger partial charge in [-0.15, -0.1) is 0 Å². The molecule has 1 atom stereocenters. The Morgan fingerprint density at radius 3 is 2.33 bits per heavy atom. The van der Waals surface area contributed by atoms with Gasteiger partial charge in [0.15, 0.2) is 0 Å². The van der Waals surface area contributed by atoms with Crippen molar-refractivity contribution >= 4 is 40.4 Å². The standard InChI is InChI=1S/C32H33Cl2F4N3O/c1-21(2)27-6-4-5-7-30(27)41-14-12-40(13-15-41)11-10-23(22-8-9-28(33)29(34)18-22)20-39(3)31(42)24-16-25(32(36,37)38)19-26(35)17-24/h4-9,16-19,23H,1,10-15,20H2,2-3H3. The SMILES string of the molecule is C=C(C)c1ccccc1N1CCN(CCC(CN(C)C(=O)c2cc(F)cc(C(F)(F)F)c2)c2ccc(Cl)c(Cl)c2)CC1. The maximum Gasteiger partial charge on any atom is 0.416 e. The smallest absolute Gasteiger partial charge is 0.368 e. The molecule has 224 valence electrons. The fourth-order valence-corrected chi connectivity index (χ4v) is 5.61. The molecule has 42 heavy (non-hydrogen) atoms. The van der Waals surface area contributed by atoms with Crippen molar-refractivity contribution in [1.82, 2.24) is 9.80 Å². The zero-order valence-electron chi connectivity index (χ0n) is 23.5. The van der Waals surface area contributed by atoms with Gasteiger partial charge in [0.1, 0.15) is 5.82 Å². The van der Waals surface area contributed by atoms with E-state index in [4.69, 9.17) is 23.2 Å². The maximum atomic E-state index is 14.0. The van der Waals surface area contributed by atoms with Gasteiger partial charge < -0.3 is 9.80 Å². The van der Waals surface area contributed by atoms with Crippen LogP contribution in [0.1, 0.15) is 46.3 Å². The van der Waals surface area contributed by atoms with Crippen LogP contribution in [0.4, 0.5) is 23.2 Å². The van der Waals surface area contributed by atoms with Crippen LogP contribution in [0, 0.1) is 5.82 Å². The number of hydrogen-bond donors (Lipinski definition) is 0. The zero-order chi connectivity index (χ0) is 30.6. The number of benzene rings is 3. The Morgan fingerprint density at radius 1 is 1.00 bits per heavy atom. The van der Waals surface area contributed by atoms with Gasteiger partial charge in [-0.3, -0.25) is 9.69 Å². The highest BCUT2D eigenvalue weighted by Gasteiger charge is 2.32. The summed E-state index contributed by atoms with van der Waals surface area (Å²) >= 11 is 12.4. The lowest BCUT2D eigenvalue weighted by Gasteiger charge is -2.38. The van der Waals surface area contributed by atoms with Crippen LogP contribution < -0.4 is 4.90 Å². The number of para-hydroxylation sites is 1. The molecule has 0 aliphatic carbocycles. The van der Waals surface area contributed by atoms with Gasteiger partial charge in [0.2, 0.25) is 0 Å². The summed E-state index contributed by atoms with van der Waals surface area (Å²) in [5.41, 5.74) is 2.62. The minimum Gasteiger partial charge on any atom is -0.368 e. The first-order valence-corrected chi connectivity index (χ1v) is 14.4. The third-order valence-electron chi connectivity index (χ3n) is 7.60. The van der Waals surface area contributed by atoms with E-state index in [1.165, 1.54) is 17.6 Å². The van der Waals surface area contributed by atoms with Crippen LogP contribution in [0.25, 0.3) is 5.57 Å². The lowest BCUT2D eigenvalue weighted by atomic mass is 9.94. The monoisotopic (exact) mass is 621 g/mol. The second kappa shape index (κ2) is 13.5. The largest absolute Gasteiger partial charge is 0.416 e. The summed E-state index contributed by atoms with van der Waals surface area (Å²) in [6.45, 7) is 10.4. The number of halogens is 6. The molecule has 4 nitrogen and oxygen atoms in total. The van der Waals surface area contributed by atoms with Crippen LogP contribution in [0.5, 0.6) is 0 Å².